The fourth-order valence-corrected chi connectivity index (χ4v) is 5.51. The highest BCUT2D eigenvalue weighted by Crippen LogP contribution is 2.40. The number of para-hydroxylation sites is 1. The van der Waals surface area contributed by atoms with E-state index < -0.39 is 0 Å². The average Bonchev–Trinajstić information content (AvgIpc) is 2.94. The highest BCUT2D eigenvalue weighted by molar-refractivity contribution is 8.01. The lowest BCUT2D eigenvalue weighted by molar-refractivity contribution is 0.410. The summed E-state index contributed by atoms with van der Waals surface area (Å²) < 4.78 is 6.64. The Labute approximate surface area is 141 Å². The van der Waals surface area contributed by atoms with Gasteiger partial charge in [-0.05, 0) is 30.2 Å². The van der Waals surface area contributed by atoms with Crippen molar-refractivity contribution in [2.24, 2.45) is 0 Å². The molecule has 118 valence electrons. The van der Waals surface area contributed by atoms with Crippen LogP contribution in [0.1, 0.15) is 23.4 Å². The van der Waals surface area contributed by atoms with Crippen LogP contribution in [0.25, 0.3) is 10.2 Å². The Balaban J connectivity index is 1.78. The van der Waals surface area contributed by atoms with Gasteiger partial charge in [-0.2, -0.15) is 0 Å². The number of hydrogen-bond donors (Lipinski definition) is 1. The predicted octanol–water partition coefficient (Wildman–Crippen LogP) is 3.62. The van der Waals surface area contributed by atoms with Crippen LogP contribution in [0.15, 0.2) is 33.3 Å². The number of ether oxygens (including phenoxy) is 1. The zero-order valence-electron chi connectivity index (χ0n) is 12.7. The topological polar surface area (TPSA) is 55.0 Å². The van der Waals surface area contributed by atoms with E-state index in [9.17, 15) is 4.79 Å². The van der Waals surface area contributed by atoms with Crippen molar-refractivity contribution in [3.05, 3.63) is 51.6 Å². The van der Waals surface area contributed by atoms with Crippen molar-refractivity contribution in [1.82, 2.24) is 9.97 Å². The van der Waals surface area contributed by atoms with Gasteiger partial charge in [-0.1, -0.05) is 18.2 Å². The lowest BCUT2D eigenvalue weighted by Crippen LogP contribution is -2.13. The molecule has 0 amide bonds. The van der Waals surface area contributed by atoms with Crippen LogP contribution in [0.2, 0.25) is 0 Å². The zero-order valence-corrected chi connectivity index (χ0v) is 14.4. The molecular weight excluding hydrogens is 328 g/mol. The van der Waals surface area contributed by atoms with E-state index in [1.165, 1.54) is 9.77 Å². The van der Waals surface area contributed by atoms with E-state index in [0.717, 1.165) is 40.1 Å². The molecule has 0 saturated heterocycles. The van der Waals surface area contributed by atoms with Crippen LogP contribution in [0, 0.1) is 0 Å². The fraction of sp³-hybridized carbons (Fsp3) is 0.294. The molecular formula is C17H16N2O2S2. The second kappa shape index (κ2) is 6.02. The minimum Gasteiger partial charge on any atom is -0.496 e. The lowest BCUT2D eigenvalue weighted by Gasteiger charge is -2.09. The highest BCUT2D eigenvalue weighted by atomic mass is 32.2. The Kier molecular flexibility index (Phi) is 3.87. The number of nitrogens with one attached hydrogen (secondary N) is 1. The summed E-state index contributed by atoms with van der Waals surface area (Å²) in [4.78, 5) is 21.1. The molecule has 0 saturated carbocycles. The van der Waals surface area contributed by atoms with Gasteiger partial charge in [-0.3, -0.25) is 4.79 Å². The number of fused-ring (bicyclic) bond motifs is 3. The normalized spacial score (nSPS) is 14.0. The van der Waals surface area contributed by atoms with Crippen LogP contribution < -0.4 is 10.3 Å². The van der Waals surface area contributed by atoms with E-state index in [1.807, 2.05) is 36.0 Å². The maximum Gasteiger partial charge on any atom is 0.259 e. The monoisotopic (exact) mass is 344 g/mol. The van der Waals surface area contributed by atoms with Crippen molar-refractivity contribution < 1.29 is 4.74 Å². The molecule has 0 fully saturated rings. The second-order valence-electron chi connectivity index (χ2n) is 5.50. The van der Waals surface area contributed by atoms with Crippen molar-refractivity contribution in [3.63, 3.8) is 0 Å². The Morgan fingerprint density at radius 1 is 1.35 bits per heavy atom. The van der Waals surface area contributed by atoms with Gasteiger partial charge in [0.25, 0.3) is 5.56 Å². The lowest BCUT2D eigenvalue weighted by atomic mass is 10.1. The van der Waals surface area contributed by atoms with E-state index >= 15 is 0 Å². The standard InChI is InChI=1S/C17H16N2O2S2/c1-21-12-7-3-2-5-10(12)9-13-18-15(20)14-11-6-4-8-22-17(11)23-16(14)19-13/h2-3,5,7H,4,6,8-9H2,1H3,(H,18,19,20). The average molecular weight is 344 g/mol. The minimum atomic E-state index is -0.0140. The number of aromatic amines is 1. The number of methoxy groups -OCH3 is 1. The van der Waals surface area contributed by atoms with Gasteiger partial charge in [-0.25, -0.2) is 4.98 Å². The van der Waals surface area contributed by atoms with Gasteiger partial charge < -0.3 is 9.72 Å². The molecule has 3 heterocycles. The first kappa shape index (κ1) is 14.8. The molecule has 4 rings (SSSR count). The van der Waals surface area contributed by atoms with Crippen LogP contribution in [0.3, 0.4) is 0 Å². The number of aromatic nitrogens is 2. The van der Waals surface area contributed by atoms with Crippen molar-refractivity contribution in [2.45, 2.75) is 23.5 Å². The maximum atomic E-state index is 12.5. The first-order valence-corrected chi connectivity index (χ1v) is 9.35. The van der Waals surface area contributed by atoms with Crippen molar-refractivity contribution in [3.8, 4) is 5.75 Å². The molecule has 0 atom stereocenters. The molecule has 1 aliphatic rings. The Morgan fingerprint density at radius 3 is 3.09 bits per heavy atom. The van der Waals surface area contributed by atoms with Gasteiger partial charge in [-0.15, -0.1) is 23.1 Å². The molecule has 4 nitrogen and oxygen atoms in total. The summed E-state index contributed by atoms with van der Waals surface area (Å²) in [6.07, 6.45) is 2.68. The number of thioether (sulfide) groups is 1. The minimum absolute atomic E-state index is 0.0140. The third-order valence-corrected chi connectivity index (χ3v) is 6.55. The zero-order chi connectivity index (χ0) is 15.8. The number of aryl methyl sites for hydroxylation is 1. The molecule has 0 bridgehead atoms. The summed E-state index contributed by atoms with van der Waals surface area (Å²) in [5.74, 6) is 2.64. The summed E-state index contributed by atoms with van der Waals surface area (Å²) in [5.41, 5.74) is 2.20. The second-order valence-corrected chi connectivity index (χ2v) is 7.86. The number of benzene rings is 1. The predicted molar refractivity (Wildman–Crippen MR) is 95.1 cm³/mol. The van der Waals surface area contributed by atoms with Gasteiger partial charge in [0.2, 0.25) is 0 Å². The van der Waals surface area contributed by atoms with E-state index in [2.05, 4.69) is 4.98 Å². The fourth-order valence-electron chi connectivity index (χ4n) is 2.96. The molecule has 1 aliphatic heterocycles. The molecule has 0 aliphatic carbocycles. The first-order chi connectivity index (χ1) is 11.3. The van der Waals surface area contributed by atoms with E-state index in [0.29, 0.717) is 12.2 Å². The van der Waals surface area contributed by atoms with Crippen LogP contribution >= 0.6 is 23.1 Å². The summed E-state index contributed by atoms with van der Waals surface area (Å²) in [5, 5.41) is 0.793. The largest absolute Gasteiger partial charge is 0.496 e. The molecule has 6 heteroatoms. The SMILES string of the molecule is COc1ccccc1Cc1nc2sc3c(c2c(=O)[nH]1)CCCS3. The van der Waals surface area contributed by atoms with E-state index in [4.69, 9.17) is 9.72 Å². The third-order valence-electron chi connectivity index (χ3n) is 4.03. The number of nitrogens with zero attached hydrogens (tertiary/aromatic N) is 1. The van der Waals surface area contributed by atoms with Gasteiger partial charge in [0, 0.05) is 12.0 Å². The molecule has 1 N–H and O–H groups in total. The first-order valence-electron chi connectivity index (χ1n) is 7.55. The van der Waals surface area contributed by atoms with Gasteiger partial charge in [0.1, 0.15) is 16.4 Å². The summed E-state index contributed by atoms with van der Waals surface area (Å²) in [6, 6.07) is 7.83. The van der Waals surface area contributed by atoms with Gasteiger partial charge >= 0.3 is 0 Å². The van der Waals surface area contributed by atoms with E-state index in [-0.39, 0.29) is 5.56 Å². The smallest absolute Gasteiger partial charge is 0.259 e. The Bertz CT molecular complexity index is 930. The Hall–Kier alpha value is -1.79. The third kappa shape index (κ3) is 2.66. The van der Waals surface area contributed by atoms with Crippen molar-refractivity contribution in [1.29, 1.82) is 0 Å². The molecule has 0 unspecified atom stereocenters. The van der Waals surface area contributed by atoms with Crippen LogP contribution in [0.4, 0.5) is 0 Å². The summed E-state index contributed by atoms with van der Waals surface area (Å²) in [6.45, 7) is 0. The maximum absolute atomic E-state index is 12.5. The van der Waals surface area contributed by atoms with E-state index in [1.54, 1.807) is 18.4 Å². The number of thiophene rings is 1. The molecule has 0 spiro atoms. The van der Waals surface area contributed by atoms with Crippen LogP contribution in [0.5, 0.6) is 5.75 Å². The quantitative estimate of drug-likeness (QED) is 0.788. The number of rotatable bonds is 3. The number of H-pyrrole nitrogens is 1. The summed E-state index contributed by atoms with van der Waals surface area (Å²) >= 11 is 3.49. The van der Waals surface area contributed by atoms with Crippen molar-refractivity contribution in [2.75, 3.05) is 12.9 Å². The van der Waals surface area contributed by atoms with Crippen molar-refractivity contribution >= 4 is 33.3 Å². The summed E-state index contributed by atoms with van der Waals surface area (Å²) in [7, 11) is 1.66. The molecule has 3 aromatic rings. The van der Waals surface area contributed by atoms with Gasteiger partial charge in [0.05, 0.1) is 16.7 Å². The Morgan fingerprint density at radius 2 is 2.22 bits per heavy atom. The molecule has 0 radical (unpaired) electrons. The molecule has 2 aromatic heterocycles. The molecule has 23 heavy (non-hydrogen) atoms. The molecule has 1 aromatic carbocycles. The highest BCUT2D eigenvalue weighted by Gasteiger charge is 2.20. The van der Waals surface area contributed by atoms with Gasteiger partial charge in [0.15, 0.2) is 0 Å². The van der Waals surface area contributed by atoms with Crippen LogP contribution in [-0.4, -0.2) is 22.8 Å². The van der Waals surface area contributed by atoms with Crippen LogP contribution in [-0.2, 0) is 12.8 Å². The number of hydrogen-bond acceptors (Lipinski definition) is 5.